The molecule has 0 fully saturated rings. The Morgan fingerprint density at radius 1 is 1.18 bits per heavy atom. The van der Waals surface area contributed by atoms with E-state index >= 15 is 0 Å². The second-order valence-corrected chi connectivity index (χ2v) is 5.44. The molecule has 0 aliphatic rings. The molecule has 1 aromatic carbocycles. The maximum absolute atomic E-state index is 9.80. The Kier molecular flexibility index (Phi) is 5.70. The maximum atomic E-state index is 9.80. The van der Waals surface area contributed by atoms with E-state index in [0.29, 0.717) is 0 Å². The van der Waals surface area contributed by atoms with Crippen LogP contribution in [0.4, 0.5) is 0 Å². The fourth-order valence-corrected chi connectivity index (χ4v) is 2.45. The third-order valence-electron chi connectivity index (χ3n) is 3.80. The molecule has 0 aromatic heterocycles. The third kappa shape index (κ3) is 3.85. The van der Waals surface area contributed by atoms with Gasteiger partial charge in [0.2, 0.25) is 0 Å². The van der Waals surface area contributed by atoms with Gasteiger partial charge in [0.25, 0.3) is 0 Å². The van der Waals surface area contributed by atoms with Gasteiger partial charge in [0, 0.05) is 5.41 Å². The Hall–Kier alpha value is -0.820. The molecule has 0 amide bonds. The molecule has 0 aliphatic carbocycles. The summed E-state index contributed by atoms with van der Waals surface area (Å²) in [5.41, 5.74) is 1.25. The van der Waals surface area contributed by atoms with Crippen LogP contribution in [0.15, 0.2) is 30.3 Å². The molecule has 1 heteroatoms. The van der Waals surface area contributed by atoms with E-state index in [1.54, 1.807) is 0 Å². The summed E-state index contributed by atoms with van der Waals surface area (Å²) >= 11 is 0. The standard InChI is InChI=1S/C16H26O/c1-4-16(13-17,12-8-9-14(2)3)15-10-6-5-7-11-15/h5-7,10-11,14,17H,4,8-9,12-13H2,1-3H3. The number of hydrogen-bond acceptors (Lipinski definition) is 1. The summed E-state index contributed by atoms with van der Waals surface area (Å²) in [5.74, 6) is 0.749. The molecule has 0 aliphatic heterocycles. The molecule has 1 aromatic rings. The third-order valence-corrected chi connectivity index (χ3v) is 3.80. The first-order valence-corrected chi connectivity index (χ1v) is 6.81. The molecule has 0 saturated heterocycles. The van der Waals surface area contributed by atoms with Crippen LogP contribution < -0.4 is 0 Å². The lowest BCUT2D eigenvalue weighted by Gasteiger charge is -2.31. The lowest BCUT2D eigenvalue weighted by molar-refractivity contribution is 0.174. The van der Waals surface area contributed by atoms with Crippen LogP contribution in [0.2, 0.25) is 0 Å². The quantitative estimate of drug-likeness (QED) is 0.751. The van der Waals surface area contributed by atoms with Crippen molar-refractivity contribution < 1.29 is 5.11 Å². The van der Waals surface area contributed by atoms with Gasteiger partial charge in [-0.05, 0) is 24.3 Å². The summed E-state index contributed by atoms with van der Waals surface area (Å²) in [4.78, 5) is 0. The fraction of sp³-hybridized carbons (Fsp3) is 0.625. The van der Waals surface area contributed by atoms with Gasteiger partial charge in [-0.2, -0.15) is 0 Å². The lowest BCUT2D eigenvalue weighted by atomic mass is 9.74. The van der Waals surface area contributed by atoms with Crippen LogP contribution in [0.3, 0.4) is 0 Å². The van der Waals surface area contributed by atoms with Crippen molar-refractivity contribution in [3.63, 3.8) is 0 Å². The highest BCUT2D eigenvalue weighted by atomic mass is 16.3. The minimum absolute atomic E-state index is 0.0316. The van der Waals surface area contributed by atoms with Crippen LogP contribution in [-0.2, 0) is 5.41 Å². The highest BCUT2D eigenvalue weighted by Gasteiger charge is 2.28. The lowest BCUT2D eigenvalue weighted by Crippen LogP contribution is -2.30. The average molecular weight is 234 g/mol. The summed E-state index contributed by atoms with van der Waals surface area (Å²) in [6.07, 6.45) is 4.53. The van der Waals surface area contributed by atoms with Crippen molar-refractivity contribution >= 4 is 0 Å². The maximum Gasteiger partial charge on any atom is 0.0527 e. The van der Waals surface area contributed by atoms with Gasteiger partial charge in [-0.3, -0.25) is 0 Å². The van der Waals surface area contributed by atoms with Crippen molar-refractivity contribution in [2.24, 2.45) is 5.92 Å². The van der Waals surface area contributed by atoms with Crippen molar-refractivity contribution in [1.82, 2.24) is 0 Å². The van der Waals surface area contributed by atoms with Gasteiger partial charge >= 0.3 is 0 Å². The predicted molar refractivity (Wildman–Crippen MR) is 74.2 cm³/mol. The van der Waals surface area contributed by atoms with Crippen molar-refractivity contribution in [3.05, 3.63) is 35.9 Å². The first kappa shape index (κ1) is 14.2. The molecular weight excluding hydrogens is 208 g/mol. The predicted octanol–water partition coefficient (Wildman–Crippen LogP) is 4.15. The molecule has 1 N–H and O–H groups in total. The monoisotopic (exact) mass is 234 g/mol. The van der Waals surface area contributed by atoms with E-state index in [0.717, 1.165) is 18.8 Å². The number of hydrogen-bond donors (Lipinski definition) is 1. The molecule has 1 unspecified atom stereocenters. The zero-order valence-electron chi connectivity index (χ0n) is 11.4. The van der Waals surface area contributed by atoms with Gasteiger partial charge in [-0.15, -0.1) is 0 Å². The summed E-state index contributed by atoms with van der Waals surface area (Å²) in [6.45, 7) is 6.95. The largest absolute Gasteiger partial charge is 0.395 e. The Labute approximate surface area is 106 Å². The Morgan fingerprint density at radius 3 is 2.29 bits per heavy atom. The van der Waals surface area contributed by atoms with E-state index in [4.69, 9.17) is 0 Å². The van der Waals surface area contributed by atoms with Crippen molar-refractivity contribution in [2.45, 2.75) is 51.9 Å². The van der Waals surface area contributed by atoms with Gasteiger partial charge in [0.1, 0.15) is 0 Å². The summed E-state index contributed by atoms with van der Waals surface area (Å²) < 4.78 is 0. The van der Waals surface area contributed by atoms with E-state index in [2.05, 4.69) is 45.0 Å². The molecular formula is C16H26O. The van der Waals surface area contributed by atoms with Crippen LogP contribution in [0.25, 0.3) is 0 Å². The zero-order chi connectivity index (χ0) is 12.7. The second kappa shape index (κ2) is 6.80. The van der Waals surface area contributed by atoms with E-state index < -0.39 is 0 Å². The summed E-state index contributed by atoms with van der Waals surface area (Å²) in [7, 11) is 0. The topological polar surface area (TPSA) is 20.2 Å². The van der Waals surface area contributed by atoms with Crippen molar-refractivity contribution in [1.29, 1.82) is 0 Å². The smallest absolute Gasteiger partial charge is 0.0527 e. The molecule has 1 atom stereocenters. The van der Waals surface area contributed by atoms with E-state index in [-0.39, 0.29) is 12.0 Å². The molecule has 0 spiro atoms. The normalized spacial score (nSPS) is 14.9. The molecule has 1 rings (SSSR count). The minimum Gasteiger partial charge on any atom is -0.395 e. The number of aliphatic hydroxyl groups is 1. The van der Waals surface area contributed by atoms with E-state index in [1.807, 2.05) is 6.07 Å². The molecule has 0 saturated carbocycles. The van der Waals surface area contributed by atoms with Crippen LogP contribution in [0.1, 0.15) is 52.0 Å². The second-order valence-electron chi connectivity index (χ2n) is 5.44. The SMILES string of the molecule is CCC(CO)(CCCC(C)C)c1ccccc1. The molecule has 1 nitrogen and oxygen atoms in total. The van der Waals surface area contributed by atoms with Gasteiger partial charge in [0.05, 0.1) is 6.61 Å². The number of aliphatic hydroxyl groups excluding tert-OH is 1. The number of rotatable bonds is 7. The van der Waals surface area contributed by atoms with Gasteiger partial charge in [-0.25, -0.2) is 0 Å². The Bertz CT molecular complexity index is 299. The van der Waals surface area contributed by atoms with Crippen LogP contribution >= 0.6 is 0 Å². The van der Waals surface area contributed by atoms with Crippen molar-refractivity contribution in [2.75, 3.05) is 6.61 Å². The summed E-state index contributed by atoms with van der Waals surface area (Å²) in [6, 6.07) is 10.5. The van der Waals surface area contributed by atoms with E-state index in [9.17, 15) is 5.11 Å². The Morgan fingerprint density at radius 2 is 1.82 bits per heavy atom. The minimum atomic E-state index is -0.0316. The average Bonchev–Trinajstić information content (AvgIpc) is 2.36. The van der Waals surface area contributed by atoms with Crippen LogP contribution in [0, 0.1) is 5.92 Å². The molecule has 96 valence electrons. The first-order chi connectivity index (χ1) is 8.14. The van der Waals surface area contributed by atoms with Gasteiger partial charge < -0.3 is 5.11 Å². The molecule has 0 radical (unpaired) electrons. The van der Waals surface area contributed by atoms with Gasteiger partial charge in [0.15, 0.2) is 0 Å². The highest BCUT2D eigenvalue weighted by Crippen LogP contribution is 2.33. The molecule has 0 heterocycles. The molecule has 17 heavy (non-hydrogen) atoms. The van der Waals surface area contributed by atoms with Crippen LogP contribution in [-0.4, -0.2) is 11.7 Å². The fourth-order valence-electron chi connectivity index (χ4n) is 2.45. The van der Waals surface area contributed by atoms with E-state index in [1.165, 1.54) is 18.4 Å². The zero-order valence-corrected chi connectivity index (χ0v) is 11.4. The first-order valence-electron chi connectivity index (χ1n) is 6.81. The van der Waals surface area contributed by atoms with Crippen LogP contribution in [0.5, 0.6) is 0 Å². The van der Waals surface area contributed by atoms with Crippen molar-refractivity contribution in [3.8, 4) is 0 Å². The Balaban J connectivity index is 2.75. The van der Waals surface area contributed by atoms with Gasteiger partial charge in [-0.1, -0.05) is 63.9 Å². The number of benzene rings is 1. The summed E-state index contributed by atoms with van der Waals surface area (Å²) in [5, 5.41) is 9.80. The highest BCUT2D eigenvalue weighted by molar-refractivity contribution is 5.25. The molecule has 0 bridgehead atoms.